The molecule has 0 aromatic heterocycles. The lowest BCUT2D eigenvalue weighted by Crippen LogP contribution is -2.32. The second kappa shape index (κ2) is 4.52. The fraction of sp³-hybridized carbons (Fsp3) is 0.647. The highest BCUT2D eigenvalue weighted by atomic mass is 15.2. The van der Waals surface area contributed by atoms with Crippen LogP contribution in [0.25, 0.3) is 0 Å². The number of hydrogen-bond donors (Lipinski definition) is 1. The number of rotatable bonds is 4. The third-order valence-corrected chi connectivity index (χ3v) is 5.15. The first-order chi connectivity index (χ1) is 9.29. The van der Waals surface area contributed by atoms with Gasteiger partial charge in [0, 0.05) is 30.9 Å². The van der Waals surface area contributed by atoms with Gasteiger partial charge in [-0.3, -0.25) is 0 Å². The van der Waals surface area contributed by atoms with Gasteiger partial charge < -0.3 is 10.2 Å². The van der Waals surface area contributed by atoms with Crippen molar-refractivity contribution in [1.82, 2.24) is 5.32 Å². The Morgan fingerprint density at radius 3 is 2.74 bits per heavy atom. The lowest BCUT2D eigenvalue weighted by Gasteiger charge is -2.30. The van der Waals surface area contributed by atoms with Gasteiger partial charge in [0.05, 0.1) is 0 Å². The van der Waals surface area contributed by atoms with E-state index in [9.17, 15) is 0 Å². The zero-order valence-electron chi connectivity index (χ0n) is 11.9. The molecule has 0 radical (unpaired) electrons. The van der Waals surface area contributed by atoms with Crippen molar-refractivity contribution >= 4 is 5.69 Å². The van der Waals surface area contributed by atoms with Crippen molar-refractivity contribution in [2.75, 3.05) is 11.4 Å². The SMILES string of the molecule is Cc1cc(CNC2CC2)ccc1N1CC2CCC1C2. The normalized spacial score (nSPS) is 29.2. The molecule has 1 N–H and O–H groups in total. The van der Waals surface area contributed by atoms with Crippen molar-refractivity contribution in [3.63, 3.8) is 0 Å². The van der Waals surface area contributed by atoms with Crippen molar-refractivity contribution in [2.24, 2.45) is 5.92 Å². The Balaban J connectivity index is 1.49. The van der Waals surface area contributed by atoms with Crippen LogP contribution in [-0.4, -0.2) is 18.6 Å². The molecule has 2 atom stereocenters. The van der Waals surface area contributed by atoms with Gasteiger partial charge in [-0.25, -0.2) is 0 Å². The molecule has 0 spiro atoms. The summed E-state index contributed by atoms with van der Waals surface area (Å²) in [6, 6.07) is 8.70. The Hall–Kier alpha value is -1.02. The van der Waals surface area contributed by atoms with Gasteiger partial charge in [-0.05, 0) is 62.1 Å². The minimum atomic E-state index is 0.800. The molecular weight excluding hydrogens is 232 g/mol. The van der Waals surface area contributed by atoms with Gasteiger partial charge in [-0.15, -0.1) is 0 Å². The van der Waals surface area contributed by atoms with Gasteiger partial charge in [-0.2, -0.15) is 0 Å². The van der Waals surface area contributed by atoms with Crippen molar-refractivity contribution < 1.29 is 0 Å². The summed E-state index contributed by atoms with van der Waals surface area (Å²) in [4.78, 5) is 2.67. The number of anilines is 1. The molecule has 1 heterocycles. The number of benzene rings is 1. The smallest absolute Gasteiger partial charge is 0.0398 e. The number of piperidine rings is 1. The standard InChI is InChI=1S/C17H24N2/c1-12-8-13(10-18-15-4-5-15)3-7-17(12)19-11-14-2-6-16(19)9-14/h3,7-8,14-16,18H,2,4-6,9-11H2,1H3. The van der Waals surface area contributed by atoms with E-state index in [2.05, 4.69) is 35.3 Å². The molecule has 2 heteroatoms. The van der Waals surface area contributed by atoms with Crippen LogP contribution in [0.2, 0.25) is 0 Å². The topological polar surface area (TPSA) is 15.3 Å². The molecule has 3 fully saturated rings. The predicted octanol–water partition coefficient (Wildman–Crippen LogP) is 3.24. The van der Waals surface area contributed by atoms with E-state index in [1.54, 1.807) is 0 Å². The molecular formula is C17H24N2. The molecule has 2 nitrogen and oxygen atoms in total. The van der Waals surface area contributed by atoms with Crippen LogP contribution in [-0.2, 0) is 6.54 Å². The summed E-state index contributed by atoms with van der Waals surface area (Å²) in [6.07, 6.45) is 7.05. The molecule has 19 heavy (non-hydrogen) atoms. The first-order valence-electron chi connectivity index (χ1n) is 7.89. The quantitative estimate of drug-likeness (QED) is 0.889. The minimum absolute atomic E-state index is 0.800. The van der Waals surface area contributed by atoms with Crippen molar-refractivity contribution in [1.29, 1.82) is 0 Å². The Morgan fingerprint density at radius 2 is 2.11 bits per heavy atom. The largest absolute Gasteiger partial charge is 0.368 e. The van der Waals surface area contributed by atoms with Gasteiger partial charge in [-0.1, -0.05) is 12.1 Å². The highest BCUT2D eigenvalue weighted by molar-refractivity contribution is 5.56. The van der Waals surface area contributed by atoms with Crippen LogP contribution in [0.5, 0.6) is 0 Å². The van der Waals surface area contributed by atoms with E-state index in [4.69, 9.17) is 0 Å². The molecule has 1 aromatic rings. The Morgan fingerprint density at radius 1 is 1.21 bits per heavy atom. The molecule has 1 aliphatic heterocycles. The molecule has 2 aliphatic carbocycles. The summed E-state index contributed by atoms with van der Waals surface area (Å²) in [6.45, 7) is 4.62. The molecule has 2 bridgehead atoms. The lowest BCUT2D eigenvalue weighted by molar-refractivity contribution is 0.553. The van der Waals surface area contributed by atoms with E-state index >= 15 is 0 Å². The third kappa shape index (κ3) is 2.27. The number of nitrogens with zero attached hydrogens (tertiary/aromatic N) is 1. The lowest BCUT2D eigenvalue weighted by atomic mass is 10.1. The highest BCUT2D eigenvalue weighted by Crippen LogP contribution is 2.41. The maximum atomic E-state index is 3.60. The van der Waals surface area contributed by atoms with Crippen molar-refractivity contribution in [3.8, 4) is 0 Å². The molecule has 102 valence electrons. The summed E-state index contributed by atoms with van der Waals surface area (Å²) in [7, 11) is 0. The molecule has 1 aromatic carbocycles. The first kappa shape index (κ1) is 11.8. The van der Waals surface area contributed by atoms with Gasteiger partial charge in [0.15, 0.2) is 0 Å². The van der Waals surface area contributed by atoms with Gasteiger partial charge in [0.1, 0.15) is 0 Å². The van der Waals surface area contributed by atoms with E-state index in [-0.39, 0.29) is 0 Å². The molecule has 4 rings (SSSR count). The highest BCUT2D eigenvalue weighted by Gasteiger charge is 2.38. The number of fused-ring (bicyclic) bond motifs is 2. The summed E-state index contributed by atoms with van der Waals surface area (Å²) in [5, 5.41) is 3.60. The van der Waals surface area contributed by atoms with E-state index in [1.165, 1.54) is 55.5 Å². The molecule has 2 unspecified atom stereocenters. The van der Waals surface area contributed by atoms with Gasteiger partial charge >= 0.3 is 0 Å². The van der Waals surface area contributed by atoms with Crippen LogP contribution in [0, 0.1) is 12.8 Å². The minimum Gasteiger partial charge on any atom is -0.368 e. The second-order valence-electron chi connectivity index (χ2n) is 6.76. The van der Waals surface area contributed by atoms with Crippen LogP contribution in [0.4, 0.5) is 5.69 Å². The molecule has 1 saturated heterocycles. The average molecular weight is 256 g/mol. The fourth-order valence-electron chi connectivity index (χ4n) is 3.92. The van der Waals surface area contributed by atoms with Crippen LogP contribution in [0.1, 0.15) is 43.2 Å². The fourth-order valence-corrected chi connectivity index (χ4v) is 3.92. The van der Waals surface area contributed by atoms with Gasteiger partial charge in [0.2, 0.25) is 0 Å². The summed E-state index contributed by atoms with van der Waals surface area (Å²) in [5.74, 6) is 0.973. The first-order valence-corrected chi connectivity index (χ1v) is 7.89. The van der Waals surface area contributed by atoms with Crippen LogP contribution in [0.3, 0.4) is 0 Å². The second-order valence-corrected chi connectivity index (χ2v) is 6.76. The maximum Gasteiger partial charge on any atom is 0.0398 e. The Bertz CT molecular complexity index is 478. The van der Waals surface area contributed by atoms with Crippen LogP contribution < -0.4 is 10.2 Å². The van der Waals surface area contributed by atoms with Gasteiger partial charge in [0.25, 0.3) is 0 Å². The summed E-state index contributed by atoms with van der Waals surface area (Å²) < 4.78 is 0. The van der Waals surface area contributed by atoms with E-state index in [0.717, 1.165) is 24.5 Å². The Labute approximate surface area is 116 Å². The van der Waals surface area contributed by atoms with Crippen LogP contribution >= 0.6 is 0 Å². The van der Waals surface area contributed by atoms with E-state index < -0.39 is 0 Å². The van der Waals surface area contributed by atoms with E-state index in [0.29, 0.717) is 0 Å². The summed E-state index contributed by atoms with van der Waals surface area (Å²) >= 11 is 0. The monoisotopic (exact) mass is 256 g/mol. The molecule has 3 aliphatic rings. The third-order valence-electron chi connectivity index (χ3n) is 5.15. The predicted molar refractivity (Wildman–Crippen MR) is 79.5 cm³/mol. The van der Waals surface area contributed by atoms with Crippen molar-refractivity contribution in [3.05, 3.63) is 29.3 Å². The van der Waals surface area contributed by atoms with Crippen molar-refractivity contribution in [2.45, 2.75) is 57.7 Å². The zero-order valence-corrected chi connectivity index (χ0v) is 11.9. The zero-order chi connectivity index (χ0) is 12.8. The molecule has 2 saturated carbocycles. The average Bonchev–Trinajstić information content (AvgIpc) is 3.01. The number of nitrogens with one attached hydrogen (secondary N) is 1. The number of aryl methyl sites for hydroxylation is 1. The summed E-state index contributed by atoms with van der Waals surface area (Å²) in [5.41, 5.74) is 4.39. The Kier molecular flexibility index (Phi) is 2.80. The number of hydrogen-bond acceptors (Lipinski definition) is 2. The maximum absolute atomic E-state index is 3.60. The van der Waals surface area contributed by atoms with E-state index in [1.807, 2.05) is 0 Å². The van der Waals surface area contributed by atoms with Crippen LogP contribution in [0.15, 0.2) is 18.2 Å². The molecule has 0 amide bonds.